The van der Waals surface area contributed by atoms with Crippen LogP contribution in [-0.2, 0) is 4.79 Å². The molecule has 0 saturated carbocycles. The molecule has 3 rings (SSSR count). The summed E-state index contributed by atoms with van der Waals surface area (Å²) in [7, 11) is 1.49. The molecule has 0 aliphatic carbocycles. The number of hydrogen-bond donors (Lipinski definition) is 2. The Morgan fingerprint density at radius 2 is 2.15 bits per heavy atom. The number of likely N-dealkylation sites (tertiary alicyclic amines) is 1. The van der Waals surface area contributed by atoms with E-state index < -0.39 is 6.03 Å². The Balaban J connectivity index is 1.82. The van der Waals surface area contributed by atoms with Gasteiger partial charge < -0.3 is 14.7 Å². The molecule has 2 saturated heterocycles. The number of hydrogen-bond acceptors (Lipinski definition) is 5. The van der Waals surface area contributed by atoms with Gasteiger partial charge in [0, 0.05) is 38.2 Å². The number of rotatable bonds is 5. The summed E-state index contributed by atoms with van der Waals surface area (Å²) in [5, 5.41) is 11.3. The number of nitrogens with zero attached hydrogens (tertiary/aromatic N) is 2. The predicted molar refractivity (Wildman–Crippen MR) is 94.2 cm³/mol. The average Bonchev–Trinajstić information content (AvgIpc) is 3.09. The highest BCUT2D eigenvalue weighted by molar-refractivity contribution is 6.07. The SMILES string of the molecule is COc1ccc(C(=O)N2CCC(CCO)C2)cc1N1CCC(=O)NC1=O. The lowest BCUT2D eigenvalue weighted by molar-refractivity contribution is -0.120. The average molecular weight is 361 g/mol. The minimum absolute atomic E-state index is 0.108. The van der Waals surface area contributed by atoms with Crippen molar-refractivity contribution in [3.05, 3.63) is 23.8 Å². The van der Waals surface area contributed by atoms with Gasteiger partial charge in [0.2, 0.25) is 5.91 Å². The molecule has 1 atom stereocenters. The lowest BCUT2D eigenvalue weighted by atomic mass is 10.1. The van der Waals surface area contributed by atoms with E-state index in [2.05, 4.69) is 5.32 Å². The molecule has 26 heavy (non-hydrogen) atoms. The van der Waals surface area contributed by atoms with E-state index in [0.717, 1.165) is 6.42 Å². The molecule has 4 amide bonds. The van der Waals surface area contributed by atoms with E-state index in [9.17, 15) is 14.4 Å². The van der Waals surface area contributed by atoms with Crippen LogP contribution in [0.2, 0.25) is 0 Å². The molecule has 2 N–H and O–H groups in total. The Morgan fingerprint density at radius 1 is 1.35 bits per heavy atom. The number of carbonyl (C=O) groups is 3. The van der Waals surface area contributed by atoms with Crippen molar-refractivity contribution in [3.8, 4) is 5.75 Å². The van der Waals surface area contributed by atoms with Gasteiger partial charge in [-0.2, -0.15) is 0 Å². The fraction of sp³-hybridized carbons (Fsp3) is 0.500. The molecule has 0 spiro atoms. The molecule has 2 heterocycles. The number of nitrogens with one attached hydrogen (secondary N) is 1. The van der Waals surface area contributed by atoms with E-state index in [0.29, 0.717) is 42.4 Å². The number of imide groups is 1. The molecular formula is C18H23N3O5. The molecule has 1 aromatic carbocycles. The minimum atomic E-state index is -0.520. The molecule has 0 bridgehead atoms. The number of ether oxygens (including phenoxy) is 1. The van der Waals surface area contributed by atoms with Crippen molar-refractivity contribution < 1.29 is 24.2 Å². The van der Waals surface area contributed by atoms with Crippen LogP contribution in [0.15, 0.2) is 18.2 Å². The van der Waals surface area contributed by atoms with E-state index in [1.807, 2.05) is 0 Å². The maximum atomic E-state index is 12.8. The first-order valence-electron chi connectivity index (χ1n) is 8.73. The van der Waals surface area contributed by atoms with Crippen molar-refractivity contribution >= 4 is 23.5 Å². The number of aliphatic hydroxyl groups is 1. The number of aliphatic hydroxyl groups excluding tert-OH is 1. The second kappa shape index (κ2) is 7.74. The molecule has 8 heteroatoms. The fourth-order valence-electron chi connectivity index (χ4n) is 3.45. The van der Waals surface area contributed by atoms with Crippen LogP contribution in [0.3, 0.4) is 0 Å². The van der Waals surface area contributed by atoms with Gasteiger partial charge in [-0.05, 0) is 37.0 Å². The van der Waals surface area contributed by atoms with Crippen molar-refractivity contribution in [1.82, 2.24) is 10.2 Å². The first-order chi connectivity index (χ1) is 12.5. The van der Waals surface area contributed by atoms with E-state index >= 15 is 0 Å². The van der Waals surface area contributed by atoms with Crippen molar-refractivity contribution in [2.24, 2.45) is 5.92 Å². The number of amides is 4. The first-order valence-corrected chi connectivity index (χ1v) is 8.73. The van der Waals surface area contributed by atoms with Gasteiger partial charge in [-0.15, -0.1) is 0 Å². The number of anilines is 1. The van der Waals surface area contributed by atoms with Crippen LogP contribution in [0.25, 0.3) is 0 Å². The maximum absolute atomic E-state index is 12.8. The summed E-state index contributed by atoms with van der Waals surface area (Å²) >= 11 is 0. The van der Waals surface area contributed by atoms with Crippen molar-refractivity contribution in [2.75, 3.05) is 38.3 Å². The smallest absolute Gasteiger partial charge is 0.328 e. The lowest BCUT2D eigenvalue weighted by Gasteiger charge is -2.28. The minimum Gasteiger partial charge on any atom is -0.495 e. The van der Waals surface area contributed by atoms with Crippen LogP contribution >= 0.6 is 0 Å². The Morgan fingerprint density at radius 3 is 2.85 bits per heavy atom. The number of benzene rings is 1. The second-order valence-electron chi connectivity index (χ2n) is 6.56. The zero-order valence-electron chi connectivity index (χ0n) is 14.7. The molecule has 0 aromatic heterocycles. The lowest BCUT2D eigenvalue weighted by Crippen LogP contribution is -2.49. The van der Waals surface area contributed by atoms with Gasteiger partial charge in [-0.25, -0.2) is 4.79 Å². The molecule has 0 radical (unpaired) electrons. The van der Waals surface area contributed by atoms with Crippen LogP contribution < -0.4 is 15.0 Å². The fourth-order valence-corrected chi connectivity index (χ4v) is 3.45. The number of carbonyl (C=O) groups excluding carboxylic acids is 3. The molecule has 2 aliphatic heterocycles. The Bertz CT molecular complexity index is 721. The largest absolute Gasteiger partial charge is 0.495 e. The van der Waals surface area contributed by atoms with Crippen molar-refractivity contribution in [2.45, 2.75) is 19.3 Å². The molecular weight excluding hydrogens is 338 g/mol. The summed E-state index contributed by atoms with van der Waals surface area (Å²) in [6.07, 6.45) is 1.77. The molecule has 8 nitrogen and oxygen atoms in total. The van der Waals surface area contributed by atoms with Crippen LogP contribution in [0.1, 0.15) is 29.6 Å². The summed E-state index contributed by atoms with van der Waals surface area (Å²) in [6.45, 7) is 1.64. The summed E-state index contributed by atoms with van der Waals surface area (Å²) in [5.74, 6) is 0.360. The van der Waals surface area contributed by atoms with Crippen LogP contribution in [0.4, 0.5) is 10.5 Å². The number of methoxy groups -OCH3 is 1. The van der Waals surface area contributed by atoms with Gasteiger partial charge in [0.05, 0.1) is 12.8 Å². The van der Waals surface area contributed by atoms with Gasteiger partial charge in [0.1, 0.15) is 5.75 Å². The van der Waals surface area contributed by atoms with E-state index in [1.165, 1.54) is 12.0 Å². The van der Waals surface area contributed by atoms with Gasteiger partial charge in [-0.3, -0.25) is 19.8 Å². The van der Waals surface area contributed by atoms with Gasteiger partial charge in [0.25, 0.3) is 5.91 Å². The third kappa shape index (κ3) is 3.65. The normalized spacial score (nSPS) is 20.3. The van der Waals surface area contributed by atoms with Gasteiger partial charge in [0.15, 0.2) is 0 Å². The quantitative estimate of drug-likeness (QED) is 0.815. The molecule has 2 fully saturated rings. The zero-order chi connectivity index (χ0) is 18.7. The topological polar surface area (TPSA) is 99.2 Å². The van der Waals surface area contributed by atoms with Crippen LogP contribution in [-0.4, -0.2) is 61.2 Å². The summed E-state index contributed by atoms with van der Waals surface area (Å²) in [6, 6.07) is 4.45. The first kappa shape index (κ1) is 18.2. The maximum Gasteiger partial charge on any atom is 0.328 e. The zero-order valence-corrected chi connectivity index (χ0v) is 14.7. The summed E-state index contributed by atoms with van der Waals surface area (Å²) in [4.78, 5) is 39.5. The standard InChI is InChI=1S/C18H23N3O5/c1-26-15-3-2-13(17(24)20-7-4-12(11-20)6-9-22)10-14(15)21-8-5-16(23)19-18(21)25/h2-3,10,12,22H,4-9,11H2,1H3,(H,19,23,25). The predicted octanol–water partition coefficient (Wildman–Crippen LogP) is 0.986. The van der Waals surface area contributed by atoms with Crippen LogP contribution in [0, 0.1) is 5.92 Å². The van der Waals surface area contributed by atoms with Gasteiger partial charge in [-0.1, -0.05) is 0 Å². The van der Waals surface area contributed by atoms with E-state index in [4.69, 9.17) is 9.84 Å². The third-order valence-corrected chi connectivity index (χ3v) is 4.88. The highest BCUT2D eigenvalue weighted by Gasteiger charge is 2.30. The summed E-state index contributed by atoms with van der Waals surface area (Å²) in [5.41, 5.74) is 0.935. The monoisotopic (exact) mass is 361 g/mol. The van der Waals surface area contributed by atoms with Gasteiger partial charge >= 0.3 is 6.03 Å². The van der Waals surface area contributed by atoms with E-state index in [-0.39, 0.29) is 31.4 Å². The van der Waals surface area contributed by atoms with Crippen LogP contribution in [0.5, 0.6) is 5.75 Å². The third-order valence-electron chi connectivity index (χ3n) is 4.88. The molecule has 1 unspecified atom stereocenters. The Kier molecular flexibility index (Phi) is 5.41. The van der Waals surface area contributed by atoms with Crippen molar-refractivity contribution in [3.63, 3.8) is 0 Å². The highest BCUT2D eigenvalue weighted by Crippen LogP contribution is 2.31. The van der Waals surface area contributed by atoms with Crippen molar-refractivity contribution in [1.29, 1.82) is 0 Å². The number of urea groups is 1. The second-order valence-corrected chi connectivity index (χ2v) is 6.56. The molecule has 1 aromatic rings. The summed E-state index contributed by atoms with van der Waals surface area (Å²) < 4.78 is 5.32. The molecule has 2 aliphatic rings. The molecule has 140 valence electrons. The Hall–Kier alpha value is -2.61. The van der Waals surface area contributed by atoms with E-state index in [1.54, 1.807) is 23.1 Å². The Labute approximate surface area is 151 Å². The highest BCUT2D eigenvalue weighted by atomic mass is 16.5.